The molecular formula is C15H18FN3O. The number of rotatable bonds is 4. The second-order valence-corrected chi connectivity index (χ2v) is 4.50. The molecule has 0 fully saturated rings. The van der Waals surface area contributed by atoms with E-state index in [2.05, 4.69) is 15.5 Å². The van der Waals surface area contributed by atoms with E-state index >= 15 is 0 Å². The summed E-state index contributed by atoms with van der Waals surface area (Å²) in [4.78, 5) is 0. The largest absolute Gasteiger partial charge is 0.494 e. The van der Waals surface area contributed by atoms with E-state index in [0.29, 0.717) is 11.3 Å². The Hall–Kier alpha value is -2.17. The number of ether oxygens (including phenoxy) is 1. The summed E-state index contributed by atoms with van der Waals surface area (Å²) in [5.41, 5.74) is 2.82. The van der Waals surface area contributed by atoms with Gasteiger partial charge in [0.05, 0.1) is 12.8 Å². The van der Waals surface area contributed by atoms with E-state index in [1.165, 1.54) is 7.11 Å². The van der Waals surface area contributed by atoms with Gasteiger partial charge in [0.2, 0.25) is 0 Å². The van der Waals surface area contributed by atoms with Gasteiger partial charge in [0.1, 0.15) is 0 Å². The van der Waals surface area contributed by atoms with Gasteiger partial charge in [-0.3, -0.25) is 0 Å². The summed E-state index contributed by atoms with van der Waals surface area (Å²) in [5, 5.41) is 11.4. The molecule has 0 saturated heterocycles. The third kappa shape index (κ3) is 2.43. The lowest BCUT2D eigenvalue weighted by molar-refractivity contribution is 0.387. The average molecular weight is 275 g/mol. The van der Waals surface area contributed by atoms with Crippen molar-refractivity contribution >= 4 is 5.82 Å². The first-order chi connectivity index (χ1) is 9.60. The summed E-state index contributed by atoms with van der Waals surface area (Å²) >= 11 is 0. The van der Waals surface area contributed by atoms with Crippen molar-refractivity contribution in [3.63, 3.8) is 0 Å². The van der Waals surface area contributed by atoms with Gasteiger partial charge in [-0.2, -0.15) is 0 Å². The molecule has 0 bridgehead atoms. The van der Waals surface area contributed by atoms with Gasteiger partial charge in [0, 0.05) is 12.1 Å². The quantitative estimate of drug-likeness (QED) is 0.929. The zero-order valence-electron chi connectivity index (χ0n) is 12.1. The molecular weight excluding hydrogens is 257 g/mol. The first-order valence-electron chi connectivity index (χ1n) is 6.50. The molecule has 0 amide bonds. The number of aromatic nitrogens is 2. The fourth-order valence-corrected chi connectivity index (χ4v) is 2.05. The van der Waals surface area contributed by atoms with E-state index in [9.17, 15) is 4.39 Å². The first-order valence-corrected chi connectivity index (χ1v) is 6.50. The van der Waals surface area contributed by atoms with Crippen molar-refractivity contribution in [3.05, 3.63) is 35.1 Å². The van der Waals surface area contributed by atoms with Crippen LogP contribution in [0.1, 0.15) is 18.1 Å². The zero-order valence-corrected chi connectivity index (χ0v) is 12.1. The van der Waals surface area contributed by atoms with Crippen molar-refractivity contribution in [2.75, 3.05) is 19.0 Å². The normalized spacial score (nSPS) is 10.4. The predicted octanol–water partition coefficient (Wildman–Crippen LogP) is 3.34. The molecule has 2 aromatic rings. The van der Waals surface area contributed by atoms with E-state index in [-0.39, 0.29) is 5.75 Å². The summed E-state index contributed by atoms with van der Waals surface area (Å²) in [6, 6.07) is 5.01. The molecule has 0 aliphatic heterocycles. The van der Waals surface area contributed by atoms with E-state index in [1.54, 1.807) is 18.2 Å². The topological polar surface area (TPSA) is 47.0 Å². The molecule has 4 nitrogen and oxygen atoms in total. The number of hydrogen-bond donors (Lipinski definition) is 1. The van der Waals surface area contributed by atoms with Gasteiger partial charge in [-0.1, -0.05) is 6.07 Å². The number of nitrogens with zero attached hydrogens (tertiary/aromatic N) is 2. The number of halogens is 1. The minimum absolute atomic E-state index is 0.206. The Morgan fingerprint density at radius 2 is 1.95 bits per heavy atom. The lowest BCUT2D eigenvalue weighted by atomic mass is 10.0. The standard InChI is InChI=1S/C15H18FN3O/c1-5-17-15-10(3)9(2)14(18-19-15)11-7-6-8-12(20-4)13(11)16/h6-8H,5H2,1-4H3,(H,17,19). The first kappa shape index (κ1) is 14.2. The van der Waals surface area contributed by atoms with E-state index in [4.69, 9.17) is 4.74 Å². The lowest BCUT2D eigenvalue weighted by Crippen LogP contribution is -2.06. The second-order valence-electron chi connectivity index (χ2n) is 4.50. The van der Waals surface area contributed by atoms with Crippen molar-refractivity contribution in [2.24, 2.45) is 0 Å². The molecule has 1 heterocycles. The van der Waals surface area contributed by atoms with Crippen LogP contribution in [0, 0.1) is 19.7 Å². The highest BCUT2D eigenvalue weighted by Crippen LogP contribution is 2.31. The Kier molecular flexibility index (Phi) is 4.17. The molecule has 0 saturated carbocycles. The van der Waals surface area contributed by atoms with Crippen LogP contribution >= 0.6 is 0 Å². The number of nitrogens with one attached hydrogen (secondary N) is 1. The fraction of sp³-hybridized carbons (Fsp3) is 0.333. The van der Waals surface area contributed by atoms with Gasteiger partial charge < -0.3 is 10.1 Å². The smallest absolute Gasteiger partial charge is 0.174 e. The second kappa shape index (κ2) is 5.86. The van der Waals surface area contributed by atoms with Crippen LogP contribution in [0.15, 0.2) is 18.2 Å². The fourth-order valence-electron chi connectivity index (χ4n) is 2.05. The predicted molar refractivity (Wildman–Crippen MR) is 77.6 cm³/mol. The number of anilines is 1. The van der Waals surface area contributed by atoms with Crippen molar-refractivity contribution < 1.29 is 9.13 Å². The van der Waals surface area contributed by atoms with Crippen LogP contribution in [0.5, 0.6) is 5.75 Å². The highest BCUT2D eigenvalue weighted by Gasteiger charge is 2.16. The van der Waals surface area contributed by atoms with E-state index in [1.807, 2.05) is 20.8 Å². The van der Waals surface area contributed by atoms with Crippen LogP contribution in [0.2, 0.25) is 0 Å². The third-order valence-corrected chi connectivity index (χ3v) is 3.31. The maximum Gasteiger partial charge on any atom is 0.174 e. The summed E-state index contributed by atoms with van der Waals surface area (Å²) in [6.45, 7) is 6.62. The van der Waals surface area contributed by atoms with Crippen molar-refractivity contribution in [2.45, 2.75) is 20.8 Å². The van der Waals surface area contributed by atoms with Crippen molar-refractivity contribution in [1.29, 1.82) is 0 Å². The minimum atomic E-state index is -0.414. The third-order valence-electron chi connectivity index (χ3n) is 3.31. The van der Waals surface area contributed by atoms with E-state index in [0.717, 1.165) is 23.5 Å². The zero-order chi connectivity index (χ0) is 14.7. The molecule has 1 aromatic carbocycles. The molecule has 0 aliphatic rings. The highest BCUT2D eigenvalue weighted by molar-refractivity contribution is 5.68. The van der Waals surface area contributed by atoms with Crippen LogP contribution in [0.3, 0.4) is 0 Å². The molecule has 20 heavy (non-hydrogen) atoms. The molecule has 0 radical (unpaired) electrons. The maximum absolute atomic E-state index is 14.3. The van der Waals surface area contributed by atoms with Crippen LogP contribution in [0.4, 0.5) is 10.2 Å². The molecule has 0 atom stereocenters. The van der Waals surface area contributed by atoms with Crippen LogP contribution in [0.25, 0.3) is 11.3 Å². The number of methoxy groups -OCH3 is 1. The molecule has 1 aromatic heterocycles. The molecule has 106 valence electrons. The van der Waals surface area contributed by atoms with Crippen molar-refractivity contribution in [3.8, 4) is 17.0 Å². The minimum Gasteiger partial charge on any atom is -0.494 e. The lowest BCUT2D eigenvalue weighted by Gasteiger charge is -2.13. The van der Waals surface area contributed by atoms with Crippen LogP contribution in [-0.4, -0.2) is 23.9 Å². The Labute approximate surface area is 118 Å². The monoisotopic (exact) mass is 275 g/mol. The van der Waals surface area contributed by atoms with Gasteiger partial charge >= 0.3 is 0 Å². The van der Waals surface area contributed by atoms with E-state index < -0.39 is 5.82 Å². The van der Waals surface area contributed by atoms with Gasteiger partial charge in [0.25, 0.3) is 0 Å². The summed E-state index contributed by atoms with van der Waals surface area (Å²) in [6.07, 6.45) is 0. The van der Waals surface area contributed by atoms with Gasteiger partial charge in [0.15, 0.2) is 17.4 Å². The van der Waals surface area contributed by atoms with Gasteiger partial charge in [-0.05, 0) is 44.0 Å². The maximum atomic E-state index is 14.3. The molecule has 0 aliphatic carbocycles. The van der Waals surface area contributed by atoms with Gasteiger partial charge in [-0.15, -0.1) is 10.2 Å². The summed E-state index contributed by atoms with van der Waals surface area (Å²) in [7, 11) is 1.44. The van der Waals surface area contributed by atoms with Crippen LogP contribution < -0.4 is 10.1 Å². The summed E-state index contributed by atoms with van der Waals surface area (Å²) in [5.74, 6) is 0.525. The summed E-state index contributed by atoms with van der Waals surface area (Å²) < 4.78 is 19.3. The number of benzene rings is 1. The Morgan fingerprint density at radius 1 is 1.20 bits per heavy atom. The van der Waals surface area contributed by atoms with Crippen molar-refractivity contribution in [1.82, 2.24) is 10.2 Å². The Balaban J connectivity index is 2.57. The molecule has 0 spiro atoms. The molecule has 0 unspecified atom stereocenters. The number of hydrogen-bond acceptors (Lipinski definition) is 4. The van der Waals surface area contributed by atoms with Gasteiger partial charge in [-0.25, -0.2) is 4.39 Å². The SMILES string of the molecule is CCNc1nnc(-c2cccc(OC)c2F)c(C)c1C. The highest BCUT2D eigenvalue weighted by atomic mass is 19.1. The molecule has 1 N–H and O–H groups in total. The molecule has 2 rings (SSSR count). The Bertz CT molecular complexity index is 629. The van der Waals surface area contributed by atoms with Crippen LogP contribution in [-0.2, 0) is 0 Å². The average Bonchev–Trinajstić information content (AvgIpc) is 2.45. The Morgan fingerprint density at radius 3 is 2.60 bits per heavy atom. The molecule has 5 heteroatoms.